The average molecular weight is 808 g/mol. The van der Waals surface area contributed by atoms with Crippen LogP contribution in [-0.2, 0) is 37.5 Å². The number of nitrogens with one attached hydrogen (secondary N) is 1. The van der Waals surface area contributed by atoms with Crippen molar-refractivity contribution >= 4 is 36.4 Å². The van der Waals surface area contributed by atoms with Gasteiger partial charge in [0.2, 0.25) is 5.91 Å². The maximum Gasteiger partial charge on any atom is 0.472 e. The molecular formula is C43H72N2O10P+. The second-order valence-electron chi connectivity index (χ2n) is 15.8. The van der Waals surface area contributed by atoms with Crippen LogP contribution >= 0.6 is 7.82 Å². The number of carbonyl (C=O) groups is 3. The highest BCUT2D eigenvalue weighted by atomic mass is 31.2. The first-order valence-electron chi connectivity index (χ1n) is 20.9. The van der Waals surface area contributed by atoms with E-state index in [1.165, 1.54) is 70.6 Å². The fourth-order valence-electron chi connectivity index (χ4n) is 6.14. The molecule has 318 valence electrons. The normalized spacial score (nSPS) is 13.8. The fraction of sp³-hybridized carbons (Fsp3) is 0.698. The molecule has 0 aliphatic carbocycles. The summed E-state index contributed by atoms with van der Waals surface area (Å²) in [6, 6.07) is 11.5. The molecule has 2 N–H and O–H groups in total. The first-order valence-corrected chi connectivity index (χ1v) is 22.4. The van der Waals surface area contributed by atoms with Crippen LogP contribution in [0.15, 0.2) is 36.4 Å². The molecule has 0 aliphatic heterocycles. The number of phosphoric ester groups is 1. The molecule has 56 heavy (non-hydrogen) atoms. The van der Waals surface area contributed by atoms with E-state index in [9.17, 15) is 23.8 Å². The van der Waals surface area contributed by atoms with Gasteiger partial charge in [-0.15, -0.1) is 0 Å². The topological polar surface area (TPSA) is 147 Å². The zero-order valence-corrected chi connectivity index (χ0v) is 36.1. The lowest BCUT2D eigenvalue weighted by atomic mass is 9.97. The van der Waals surface area contributed by atoms with Crippen molar-refractivity contribution in [2.75, 3.05) is 61.2 Å². The van der Waals surface area contributed by atoms with Gasteiger partial charge in [-0.1, -0.05) is 121 Å². The van der Waals surface area contributed by atoms with Crippen LogP contribution < -0.4 is 10.1 Å². The molecule has 0 spiro atoms. The Morgan fingerprint density at radius 2 is 1.32 bits per heavy atom. The number of amides is 1. The lowest BCUT2D eigenvalue weighted by Gasteiger charge is -2.24. The number of benzene rings is 2. The lowest BCUT2D eigenvalue weighted by Crippen LogP contribution is -2.37. The first-order chi connectivity index (χ1) is 26.7. The molecule has 1 unspecified atom stereocenters. The van der Waals surface area contributed by atoms with Gasteiger partial charge in [-0.05, 0) is 41.8 Å². The molecule has 0 fully saturated rings. The summed E-state index contributed by atoms with van der Waals surface area (Å²) in [5.74, 6) is -1.12. The van der Waals surface area contributed by atoms with Crippen LogP contribution in [0.5, 0.6) is 5.75 Å². The van der Waals surface area contributed by atoms with E-state index in [-0.39, 0.29) is 38.5 Å². The summed E-state index contributed by atoms with van der Waals surface area (Å²) < 4.78 is 39.4. The lowest BCUT2D eigenvalue weighted by molar-refractivity contribution is -0.870. The van der Waals surface area contributed by atoms with Gasteiger partial charge in [0.05, 0.1) is 47.2 Å². The molecule has 1 amide bonds. The first kappa shape index (κ1) is 49.1. The summed E-state index contributed by atoms with van der Waals surface area (Å²) in [6.45, 7) is 3.61. The van der Waals surface area contributed by atoms with Crippen molar-refractivity contribution < 1.29 is 51.6 Å². The molecule has 0 aromatic heterocycles. The average Bonchev–Trinajstić information content (AvgIpc) is 3.15. The predicted molar refractivity (Wildman–Crippen MR) is 222 cm³/mol. The second kappa shape index (κ2) is 27.6. The highest BCUT2D eigenvalue weighted by Gasteiger charge is 2.27. The van der Waals surface area contributed by atoms with Crippen molar-refractivity contribution in [2.45, 2.75) is 135 Å². The zero-order chi connectivity index (χ0) is 41.2. The van der Waals surface area contributed by atoms with Gasteiger partial charge in [-0.3, -0.25) is 23.4 Å². The number of fused-ring (bicyclic) bond motifs is 1. The molecular weight excluding hydrogens is 735 g/mol. The maximum atomic E-state index is 12.9. The highest BCUT2D eigenvalue weighted by molar-refractivity contribution is 7.47. The number of phosphoric acid groups is 1. The summed E-state index contributed by atoms with van der Waals surface area (Å²) in [6.07, 6.45) is 17.3. The van der Waals surface area contributed by atoms with Crippen molar-refractivity contribution in [3.63, 3.8) is 0 Å². The van der Waals surface area contributed by atoms with E-state index in [4.69, 9.17) is 23.3 Å². The van der Waals surface area contributed by atoms with Crippen molar-refractivity contribution in [3.05, 3.63) is 42.0 Å². The number of quaternary nitrogens is 1. The Balaban J connectivity index is 1.75. The van der Waals surface area contributed by atoms with E-state index >= 15 is 0 Å². The Morgan fingerprint density at radius 1 is 0.750 bits per heavy atom. The minimum atomic E-state index is -4.47. The SMILES string of the molecule is CCCCCCCCCCCCCCCCCC(=O)OC[C@H](COP(=O)(O)OCC[N+](C)(C)C)OC(=O)CCNC(=O)[C@@H](C)c1ccc2cc(OC)ccc2c1. The number of rotatable bonds is 32. The van der Waals surface area contributed by atoms with E-state index < -0.39 is 38.4 Å². The third-order valence-electron chi connectivity index (χ3n) is 9.75. The van der Waals surface area contributed by atoms with E-state index in [1.807, 2.05) is 57.5 Å². The molecule has 2 rings (SSSR count). The number of hydrogen-bond donors (Lipinski definition) is 2. The summed E-state index contributed by atoms with van der Waals surface area (Å²) in [5, 5.41) is 4.74. The summed E-state index contributed by atoms with van der Waals surface area (Å²) >= 11 is 0. The Hall–Kier alpha value is -3.02. The van der Waals surface area contributed by atoms with Crippen LogP contribution in [-0.4, -0.2) is 94.5 Å². The van der Waals surface area contributed by atoms with E-state index in [0.29, 0.717) is 17.4 Å². The molecule has 2 aromatic carbocycles. The summed E-state index contributed by atoms with van der Waals surface area (Å²) in [7, 11) is 2.89. The van der Waals surface area contributed by atoms with Gasteiger partial charge in [-0.25, -0.2) is 4.57 Å². The van der Waals surface area contributed by atoms with Gasteiger partial charge in [0.1, 0.15) is 25.5 Å². The highest BCUT2D eigenvalue weighted by Crippen LogP contribution is 2.43. The smallest absolute Gasteiger partial charge is 0.472 e. The largest absolute Gasteiger partial charge is 0.497 e. The molecule has 13 heteroatoms. The minimum Gasteiger partial charge on any atom is -0.497 e. The van der Waals surface area contributed by atoms with Crippen LogP contribution in [0, 0.1) is 0 Å². The Morgan fingerprint density at radius 3 is 1.91 bits per heavy atom. The Labute approximate surface area is 336 Å². The number of esters is 2. The summed E-state index contributed by atoms with van der Waals surface area (Å²) in [5.41, 5.74) is 0.822. The third-order valence-corrected chi connectivity index (χ3v) is 10.7. The van der Waals surface area contributed by atoms with E-state index in [1.54, 1.807) is 14.0 Å². The number of nitrogens with zero attached hydrogens (tertiary/aromatic N) is 1. The van der Waals surface area contributed by atoms with Gasteiger partial charge in [0.25, 0.3) is 0 Å². The van der Waals surface area contributed by atoms with Gasteiger partial charge < -0.3 is 28.9 Å². The Kier molecular flexibility index (Phi) is 24.2. The number of unbranched alkanes of at least 4 members (excludes halogenated alkanes) is 14. The molecule has 3 atom stereocenters. The minimum absolute atomic E-state index is 0.00596. The molecule has 12 nitrogen and oxygen atoms in total. The second-order valence-corrected chi connectivity index (χ2v) is 17.3. The van der Waals surface area contributed by atoms with Gasteiger partial charge >= 0.3 is 19.8 Å². The molecule has 0 heterocycles. The van der Waals surface area contributed by atoms with E-state index in [2.05, 4.69) is 12.2 Å². The van der Waals surface area contributed by atoms with Crippen molar-refractivity contribution in [3.8, 4) is 5.75 Å². The molecule has 0 aliphatic rings. The zero-order valence-electron chi connectivity index (χ0n) is 35.2. The Bertz CT molecular complexity index is 1480. The van der Waals surface area contributed by atoms with Crippen LogP contribution in [0.25, 0.3) is 10.8 Å². The number of methoxy groups -OCH3 is 1. The van der Waals surface area contributed by atoms with Gasteiger partial charge in [-0.2, -0.15) is 0 Å². The van der Waals surface area contributed by atoms with Gasteiger partial charge in [0.15, 0.2) is 6.10 Å². The van der Waals surface area contributed by atoms with Crippen molar-refractivity contribution in [1.82, 2.24) is 5.32 Å². The standard InChI is InChI=1S/C43H71N2O10P/c1-7-8-9-10-11-12-13-14-15-16-17-18-19-20-21-22-41(46)52-33-40(34-54-56(49,50)53-30-29-45(3,4)5)55-42(47)27-28-44-43(48)35(2)36-23-24-38-32-39(51-6)26-25-37(38)31-36/h23-26,31-32,35,40H,7-22,27-30,33-34H2,1-6H3,(H-,44,48,49,50)/p+1/t35-,40+/m0/s1. The van der Waals surface area contributed by atoms with Crippen LogP contribution in [0.4, 0.5) is 0 Å². The molecule has 0 radical (unpaired) electrons. The quantitative estimate of drug-likeness (QED) is 0.0318. The molecule has 2 aromatic rings. The van der Waals surface area contributed by atoms with Crippen molar-refractivity contribution in [1.29, 1.82) is 0 Å². The van der Waals surface area contributed by atoms with Crippen molar-refractivity contribution in [2.24, 2.45) is 0 Å². The number of ether oxygens (including phenoxy) is 3. The van der Waals surface area contributed by atoms with Gasteiger partial charge in [0, 0.05) is 13.0 Å². The molecule has 0 bridgehead atoms. The number of carbonyl (C=O) groups excluding carboxylic acids is 3. The van der Waals surface area contributed by atoms with Crippen LogP contribution in [0.3, 0.4) is 0 Å². The predicted octanol–water partition coefficient (Wildman–Crippen LogP) is 9.01. The fourth-order valence-corrected chi connectivity index (χ4v) is 6.88. The summed E-state index contributed by atoms with van der Waals surface area (Å²) in [4.78, 5) is 48.5. The molecule has 0 saturated heterocycles. The number of likely N-dealkylation sites (N-methyl/N-ethyl adjacent to an activating group) is 1. The van der Waals surface area contributed by atoms with E-state index in [0.717, 1.165) is 41.3 Å². The monoisotopic (exact) mass is 807 g/mol. The maximum absolute atomic E-state index is 12.9. The third kappa shape index (κ3) is 22.7. The molecule has 0 saturated carbocycles. The van der Waals surface area contributed by atoms with Crippen LogP contribution in [0.1, 0.15) is 134 Å². The van der Waals surface area contributed by atoms with Crippen LogP contribution in [0.2, 0.25) is 0 Å². The number of hydrogen-bond acceptors (Lipinski definition) is 9.